The second-order valence-electron chi connectivity index (χ2n) is 10.7. The van der Waals surface area contributed by atoms with Gasteiger partial charge in [0.25, 0.3) is 0 Å². The molecular weight excluding hydrogens is 614 g/mol. The summed E-state index contributed by atoms with van der Waals surface area (Å²) in [4.78, 5) is 57.7. The number of hydrogen-bond acceptors (Lipinski definition) is 7. The van der Waals surface area contributed by atoms with E-state index >= 15 is 0 Å². The van der Waals surface area contributed by atoms with Gasteiger partial charge in [-0.1, -0.05) is 37.0 Å². The van der Waals surface area contributed by atoms with Gasteiger partial charge in [0, 0.05) is 37.9 Å². The lowest BCUT2D eigenvalue weighted by Gasteiger charge is -2.38. The molecule has 4 heterocycles. The van der Waals surface area contributed by atoms with E-state index in [2.05, 4.69) is 14.7 Å². The molecule has 0 radical (unpaired) electrons. The van der Waals surface area contributed by atoms with Crippen molar-refractivity contribution in [1.82, 2.24) is 19.8 Å². The fraction of sp³-hybridized carbons (Fsp3) is 0.500. The largest absolute Gasteiger partial charge is 0.449 e. The maximum atomic E-state index is 12.3. The van der Waals surface area contributed by atoms with Crippen LogP contribution in [0.1, 0.15) is 62.7 Å². The van der Waals surface area contributed by atoms with E-state index < -0.39 is 42.5 Å². The number of aromatic nitrogens is 2. The number of rotatable bonds is 3. The number of nitrogens with zero attached hydrogens (tertiary/aromatic N) is 4. The van der Waals surface area contributed by atoms with Gasteiger partial charge in [-0.05, 0) is 60.8 Å². The van der Waals surface area contributed by atoms with Crippen molar-refractivity contribution in [2.45, 2.75) is 57.8 Å². The number of hydrogen-bond donors (Lipinski definition) is 1. The Hall–Kier alpha value is -3.45. The number of carbonyl (C=O) groups excluding carboxylic acids is 4. The minimum atomic E-state index is -4.68. The van der Waals surface area contributed by atoms with Crippen molar-refractivity contribution >= 4 is 46.9 Å². The molecule has 234 valence electrons. The van der Waals surface area contributed by atoms with Gasteiger partial charge in [0.05, 0.1) is 22.1 Å². The topological polar surface area (TPSA) is 136 Å². The zero-order chi connectivity index (χ0) is 31.9. The summed E-state index contributed by atoms with van der Waals surface area (Å²) >= 11 is 11.8. The summed E-state index contributed by atoms with van der Waals surface area (Å²) in [5, 5.41) is 0.890. The van der Waals surface area contributed by atoms with E-state index in [-0.39, 0.29) is 18.5 Å². The molecule has 43 heavy (non-hydrogen) atoms. The molecule has 10 nitrogen and oxygen atoms in total. The van der Waals surface area contributed by atoms with Crippen LogP contribution in [0.25, 0.3) is 0 Å². The van der Waals surface area contributed by atoms with Gasteiger partial charge in [-0.3, -0.25) is 24.4 Å². The molecular formula is C28H32Cl2F3N5O5. The molecule has 0 aromatic carbocycles. The third-order valence-electron chi connectivity index (χ3n) is 7.13. The van der Waals surface area contributed by atoms with Crippen LogP contribution in [0.3, 0.4) is 0 Å². The van der Waals surface area contributed by atoms with Crippen molar-refractivity contribution in [3.8, 4) is 0 Å². The summed E-state index contributed by atoms with van der Waals surface area (Å²) in [6, 6.07) is 2.74. The first-order valence-corrected chi connectivity index (χ1v) is 14.3. The summed E-state index contributed by atoms with van der Waals surface area (Å²) in [6.07, 6.45) is 4.61. The number of primary amides is 1. The van der Waals surface area contributed by atoms with Crippen LogP contribution < -0.4 is 5.73 Å². The highest BCUT2D eigenvalue weighted by Gasteiger charge is 2.38. The zero-order valence-electron chi connectivity index (χ0n) is 23.5. The van der Waals surface area contributed by atoms with Gasteiger partial charge < -0.3 is 20.3 Å². The van der Waals surface area contributed by atoms with Crippen molar-refractivity contribution < 1.29 is 37.1 Å². The SMILES string of the molecule is C[C@H]1CC[C@H](c2cncc(Cl)c2)N(C(=O)C(=O)OCC(F)(F)F)C1.C[C@H]1CC[C@H](c2cncc(Cl)c2)N(C(=O)C(N)=O)C1. The van der Waals surface area contributed by atoms with Gasteiger partial charge in [-0.2, -0.15) is 13.2 Å². The molecule has 0 saturated carbocycles. The van der Waals surface area contributed by atoms with Gasteiger partial charge in [0.15, 0.2) is 6.61 Å². The van der Waals surface area contributed by atoms with Crippen molar-refractivity contribution in [3.63, 3.8) is 0 Å². The summed E-state index contributed by atoms with van der Waals surface area (Å²) in [7, 11) is 0. The van der Waals surface area contributed by atoms with E-state index in [1.165, 1.54) is 28.4 Å². The Morgan fingerprint density at radius 2 is 1.28 bits per heavy atom. The van der Waals surface area contributed by atoms with Crippen LogP contribution in [0.4, 0.5) is 13.2 Å². The Kier molecular flexibility index (Phi) is 11.7. The number of pyridine rings is 2. The second kappa shape index (κ2) is 14.8. The van der Waals surface area contributed by atoms with E-state index in [4.69, 9.17) is 28.9 Å². The predicted molar refractivity (Wildman–Crippen MR) is 150 cm³/mol. The van der Waals surface area contributed by atoms with Crippen molar-refractivity contribution in [3.05, 3.63) is 58.1 Å². The molecule has 0 spiro atoms. The van der Waals surface area contributed by atoms with Gasteiger partial charge in [0.1, 0.15) is 0 Å². The molecule has 2 aromatic heterocycles. The second-order valence-corrected chi connectivity index (χ2v) is 11.6. The molecule has 0 bridgehead atoms. The number of carbonyl (C=O) groups is 4. The van der Waals surface area contributed by atoms with Gasteiger partial charge >= 0.3 is 29.9 Å². The third-order valence-corrected chi connectivity index (χ3v) is 7.54. The summed E-state index contributed by atoms with van der Waals surface area (Å²) in [5.74, 6) is -3.69. The number of ether oxygens (including phenoxy) is 1. The maximum absolute atomic E-state index is 12.3. The number of amides is 3. The lowest BCUT2D eigenvalue weighted by atomic mass is 9.90. The standard InChI is InChI=1S/C15H16ClF3N2O3.C13H16ClN3O2/c1-9-2-3-12(10-4-11(16)6-20-5-10)21(7-9)13(22)14(23)24-8-15(17,18)19;1-8-2-3-11(9-4-10(14)6-16-5-9)17(7-8)13(19)12(15)18/h4-6,9,12H,2-3,7-8H2,1H3;4-6,8,11H,2-3,7H2,1H3,(H2,15,18)/t9-,12+;8-,11+/m00/s1. The summed E-state index contributed by atoms with van der Waals surface area (Å²) < 4.78 is 40.5. The Morgan fingerprint density at radius 1 is 0.837 bits per heavy atom. The van der Waals surface area contributed by atoms with Crippen molar-refractivity contribution in [1.29, 1.82) is 0 Å². The normalized spacial score (nSPS) is 22.2. The first-order valence-electron chi connectivity index (χ1n) is 13.5. The number of esters is 1. The van der Waals surface area contributed by atoms with E-state index in [1.54, 1.807) is 18.3 Å². The average Bonchev–Trinajstić information content (AvgIpc) is 2.95. The first-order chi connectivity index (χ1) is 20.2. The van der Waals surface area contributed by atoms with E-state index in [9.17, 15) is 32.3 Å². The number of piperidine rings is 2. The van der Waals surface area contributed by atoms with Crippen LogP contribution in [0.5, 0.6) is 0 Å². The van der Waals surface area contributed by atoms with Gasteiger partial charge in [0.2, 0.25) is 0 Å². The highest BCUT2D eigenvalue weighted by Crippen LogP contribution is 2.35. The zero-order valence-corrected chi connectivity index (χ0v) is 25.0. The highest BCUT2D eigenvalue weighted by molar-refractivity contribution is 6.34. The monoisotopic (exact) mass is 645 g/mol. The lowest BCUT2D eigenvalue weighted by molar-refractivity contribution is -0.190. The molecule has 4 atom stereocenters. The van der Waals surface area contributed by atoms with Gasteiger partial charge in [-0.15, -0.1) is 0 Å². The van der Waals surface area contributed by atoms with E-state index in [0.29, 0.717) is 34.5 Å². The number of likely N-dealkylation sites (tertiary alicyclic amines) is 2. The Labute approximate surface area is 256 Å². The smallest absolute Gasteiger partial charge is 0.422 e. The molecule has 15 heteroatoms. The first kappa shape index (κ1) is 34.0. The number of alkyl halides is 3. The fourth-order valence-corrected chi connectivity index (χ4v) is 5.50. The molecule has 2 N–H and O–H groups in total. The molecule has 2 aliphatic heterocycles. The predicted octanol–water partition coefficient (Wildman–Crippen LogP) is 4.66. The molecule has 0 unspecified atom stereocenters. The van der Waals surface area contributed by atoms with Crippen molar-refractivity contribution in [2.24, 2.45) is 17.6 Å². The van der Waals surface area contributed by atoms with Crippen LogP contribution >= 0.6 is 23.2 Å². The minimum absolute atomic E-state index is 0.118. The van der Waals surface area contributed by atoms with Crippen LogP contribution in [-0.4, -0.2) is 69.3 Å². The molecule has 3 amide bonds. The number of halogens is 5. The lowest BCUT2D eigenvalue weighted by Crippen LogP contribution is -2.46. The third kappa shape index (κ3) is 9.78. The number of nitrogens with two attached hydrogens (primary N) is 1. The average molecular weight is 646 g/mol. The molecule has 2 saturated heterocycles. The molecule has 4 rings (SSSR count). The van der Waals surface area contributed by atoms with Gasteiger partial charge in [-0.25, -0.2) is 4.79 Å². The minimum Gasteiger partial charge on any atom is -0.449 e. The molecule has 2 aromatic rings. The highest BCUT2D eigenvalue weighted by atomic mass is 35.5. The summed E-state index contributed by atoms with van der Waals surface area (Å²) in [5.41, 5.74) is 6.58. The Bertz CT molecular complexity index is 1330. The Morgan fingerprint density at radius 3 is 1.67 bits per heavy atom. The van der Waals surface area contributed by atoms with Crippen LogP contribution in [0, 0.1) is 11.8 Å². The van der Waals surface area contributed by atoms with Crippen LogP contribution in [-0.2, 0) is 23.9 Å². The van der Waals surface area contributed by atoms with E-state index in [1.807, 2.05) is 13.8 Å². The molecule has 0 aliphatic carbocycles. The van der Waals surface area contributed by atoms with Crippen LogP contribution in [0.2, 0.25) is 10.0 Å². The van der Waals surface area contributed by atoms with E-state index in [0.717, 1.165) is 24.8 Å². The summed E-state index contributed by atoms with van der Waals surface area (Å²) in [6.45, 7) is 2.93. The fourth-order valence-electron chi connectivity index (χ4n) is 5.14. The molecule has 2 aliphatic rings. The Balaban J connectivity index is 0.000000242. The maximum Gasteiger partial charge on any atom is 0.422 e. The quantitative estimate of drug-likeness (QED) is 0.379. The molecule has 2 fully saturated rings. The van der Waals surface area contributed by atoms with Crippen molar-refractivity contribution in [2.75, 3.05) is 19.7 Å². The van der Waals surface area contributed by atoms with Crippen LogP contribution in [0.15, 0.2) is 36.9 Å².